The average molecular weight is 339 g/mol. The summed E-state index contributed by atoms with van der Waals surface area (Å²) in [6.07, 6.45) is 4.19. The highest BCUT2D eigenvalue weighted by molar-refractivity contribution is 7.13. The molecule has 0 saturated carbocycles. The lowest BCUT2D eigenvalue weighted by atomic mass is 9.99. The number of likely N-dealkylation sites (tertiary alicyclic amines) is 1. The van der Waals surface area contributed by atoms with Crippen LogP contribution in [-0.2, 0) is 0 Å². The van der Waals surface area contributed by atoms with Crippen LogP contribution in [0.25, 0.3) is 0 Å². The number of piperazine rings is 1. The highest BCUT2D eigenvalue weighted by atomic mass is 32.1. The fourth-order valence-electron chi connectivity index (χ4n) is 3.74. The Kier molecular flexibility index (Phi) is 5.91. The summed E-state index contributed by atoms with van der Waals surface area (Å²) < 4.78 is 0. The average Bonchev–Trinajstić information content (AvgIpc) is 3.04. The zero-order valence-corrected chi connectivity index (χ0v) is 15.2. The van der Waals surface area contributed by atoms with Gasteiger partial charge in [0.2, 0.25) is 0 Å². The summed E-state index contributed by atoms with van der Waals surface area (Å²) in [6, 6.07) is 0.456. The highest BCUT2D eigenvalue weighted by Crippen LogP contribution is 2.23. The van der Waals surface area contributed by atoms with Crippen LogP contribution >= 0.6 is 11.3 Å². The molecule has 0 aliphatic carbocycles. The van der Waals surface area contributed by atoms with Crippen LogP contribution in [0.5, 0.6) is 0 Å². The largest absolute Gasteiger partial charge is 0.390 e. The molecule has 1 aromatic rings. The monoisotopic (exact) mass is 338 g/mol. The first-order valence-electron chi connectivity index (χ1n) is 8.90. The van der Waals surface area contributed by atoms with E-state index >= 15 is 0 Å². The maximum Gasteiger partial charge on any atom is 0.185 e. The van der Waals surface area contributed by atoms with Gasteiger partial charge in [0, 0.05) is 50.3 Å². The molecule has 1 aromatic heterocycles. The minimum atomic E-state index is -0.234. The van der Waals surface area contributed by atoms with Gasteiger partial charge in [0.25, 0.3) is 0 Å². The number of aliphatic hydroxyl groups excluding tert-OH is 1. The zero-order chi connectivity index (χ0) is 16.2. The number of nitrogens with zero attached hydrogens (tertiary/aromatic N) is 4. The lowest BCUT2D eigenvalue weighted by Gasteiger charge is -2.41. The number of rotatable bonds is 5. The van der Waals surface area contributed by atoms with Crippen LogP contribution in [0.3, 0.4) is 0 Å². The Morgan fingerprint density at radius 1 is 1.17 bits per heavy atom. The molecule has 130 valence electrons. The van der Waals surface area contributed by atoms with Crippen molar-refractivity contribution in [1.29, 1.82) is 0 Å². The van der Waals surface area contributed by atoms with E-state index in [9.17, 15) is 5.11 Å². The van der Waals surface area contributed by atoms with Crippen LogP contribution in [0.2, 0.25) is 0 Å². The molecule has 2 fully saturated rings. The van der Waals surface area contributed by atoms with E-state index < -0.39 is 0 Å². The van der Waals surface area contributed by atoms with E-state index in [1.54, 1.807) is 11.3 Å². The van der Waals surface area contributed by atoms with Crippen molar-refractivity contribution >= 4 is 16.5 Å². The van der Waals surface area contributed by atoms with Crippen molar-refractivity contribution in [3.8, 4) is 0 Å². The van der Waals surface area contributed by atoms with Crippen LogP contribution in [-0.4, -0.2) is 77.8 Å². The molecule has 0 amide bonds. The van der Waals surface area contributed by atoms with E-state index in [0.717, 1.165) is 56.9 Å². The third-order valence-electron chi connectivity index (χ3n) is 5.19. The van der Waals surface area contributed by atoms with Crippen molar-refractivity contribution in [3.63, 3.8) is 0 Å². The van der Waals surface area contributed by atoms with Gasteiger partial charge in [-0.05, 0) is 38.8 Å². The minimum absolute atomic E-state index is 0.234. The van der Waals surface area contributed by atoms with E-state index in [2.05, 4.69) is 33.5 Å². The fraction of sp³-hybridized carbons (Fsp3) is 0.824. The lowest BCUT2D eigenvalue weighted by molar-refractivity contribution is 0.0564. The second-order valence-electron chi connectivity index (χ2n) is 7.25. The molecule has 3 heterocycles. The smallest absolute Gasteiger partial charge is 0.185 e. The normalized spacial score (nSPS) is 26.6. The molecule has 0 aromatic carbocycles. The predicted molar refractivity (Wildman–Crippen MR) is 96.2 cm³/mol. The summed E-state index contributed by atoms with van der Waals surface area (Å²) in [5, 5.41) is 13.6. The maximum absolute atomic E-state index is 10.4. The van der Waals surface area contributed by atoms with Gasteiger partial charge in [0.1, 0.15) is 0 Å². The quantitative estimate of drug-likeness (QED) is 0.886. The lowest BCUT2D eigenvalue weighted by Crippen LogP contribution is -2.54. The van der Waals surface area contributed by atoms with Crippen LogP contribution in [0.4, 0.5) is 5.13 Å². The molecule has 5 nitrogen and oxygen atoms in total. The van der Waals surface area contributed by atoms with E-state index in [0.29, 0.717) is 6.04 Å². The van der Waals surface area contributed by atoms with Crippen molar-refractivity contribution in [3.05, 3.63) is 11.6 Å². The third-order valence-corrected chi connectivity index (χ3v) is 6.00. The first kappa shape index (κ1) is 17.1. The Balaban J connectivity index is 1.42. The van der Waals surface area contributed by atoms with E-state index in [4.69, 9.17) is 0 Å². The Morgan fingerprint density at radius 3 is 2.57 bits per heavy atom. The van der Waals surface area contributed by atoms with Crippen molar-refractivity contribution in [2.45, 2.75) is 38.8 Å². The summed E-state index contributed by atoms with van der Waals surface area (Å²) in [7, 11) is 0. The molecule has 2 atom stereocenters. The van der Waals surface area contributed by atoms with Crippen LogP contribution < -0.4 is 4.90 Å². The van der Waals surface area contributed by atoms with Gasteiger partial charge in [-0.2, -0.15) is 0 Å². The first-order chi connectivity index (χ1) is 11.1. The molecule has 6 heteroatoms. The molecule has 0 radical (unpaired) electrons. The fourth-order valence-corrected chi connectivity index (χ4v) is 4.51. The zero-order valence-electron chi connectivity index (χ0n) is 14.4. The highest BCUT2D eigenvalue weighted by Gasteiger charge is 2.27. The number of piperidine rings is 1. The van der Waals surface area contributed by atoms with Crippen molar-refractivity contribution in [1.82, 2.24) is 14.8 Å². The number of hydrogen-bond donors (Lipinski definition) is 1. The second-order valence-corrected chi connectivity index (χ2v) is 8.13. The Morgan fingerprint density at radius 2 is 1.91 bits per heavy atom. The minimum Gasteiger partial charge on any atom is -0.390 e. The van der Waals surface area contributed by atoms with Crippen LogP contribution in [0, 0.1) is 5.92 Å². The number of anilines is 1. The van der Waals surface area contributed by atoms with Gasteiger partial charge < -0.3 is 14.9 Å². The first-order valence-corrected chi connectivity index (χ1v) is 9.78. The van der Waals surface area contributed by atoms with Crippen LogP contribution in [0.1, 0.15) is 26.7 Å². The van der Waals surface area contributed by atoms with E-state index in [-0.39, 0.29) is 6.10 Å². The SMILES string of the molecule is CC1CCN(CC(O)CN2CCN(c3nccs3)C(C)C2)CC1. The number of thiazole rings is 1. The molecule has 2 aliphatic rings. The van der Waals surface area contributed by atoms with Gasteiger partial charge >= 0.3 is 0 Å². The Bertz CT molecular complexity index is 461. The summed E-state index contributed by atoms with van der Waals surface area (Å²) in [5.74, 6) is 0.850. The molecule has 2 saturated heterocycles. The molecule has 3 rings (SSSR count). The molecule has 23 heavy (non-hydrogen) atoms. The van der Waals surface area contributed by atoms with Gasteiger partial charge in [0.15, 0.2) is 5.13 Å². The molecular weight excluding hydrogens is 308 g/mol. The van der Waals surface area contributed by atoms with Crippen molar-refractivity contribution < 1.29 is 5.11 Å². The number of hydrogen-bond acceptors (Lipinski definition) is 6. The summed E-state index contributed by atoms with van der Waals surface area (Å²) in [4.78, 5) is 11.7. The molecule has 2 unspecified atom stereocenters. The van der Waals surface area contributed by atoms with Crippen molar-refractivity contribution in [2.75, 3.05) is 50.7 Å². The standard InChI is InChI=1S/C17H30N4OS/c1-14-3-6-19(7-4-14)12-16(22)13-20-8-9-21(15(2)11-20)17-18-5-10-23-17/h5,10,14-16,22H,3-4,6-9,11-13H2,1-2H3. The Hall–Kier alpha value is -0.690. The van der Waals surface area contributed by atoms with Gasteiger partial charge in [-0.15, -0.1) is 11.3 Å². The second kappa shape index (κ2) is 7.92. The molecular formula is C17H30N4OS. The number of β-amino-alcohol motifs (C(OH)–C–C–N with tert-alkyl or cyclic N) is 1. The summed E-state index contributed by atoms with van der Waals surface area (Å²) in [5.41, 5.74) is 0. The van der Waals surface area contributed by atoms with E-state index in [1.807, 2.05) is 11.6 Å². The molecule has 0 bridgehead atoms. The summed E-state index contributed by atoms with van der Waals surface area (Å²) in [6.45, 7) is 11.5. The number of aromatic nitrogens is 1. The van der Waals surface area contributed by atoms with Gasteiger partial charge in [-0.25, -0.2) is 4.98 Å². The third kappa shape index (κ3) is 4.66. The molecule has 0 spiro atoms. The molecule has 1 N–H and O–H groups in total. The Labute approximate surface area is 143 Å². The van der Waals surface area contributed by atoms with Gasteiger partial charge in [-0.1, -0.05) is 6.92 Å². The number of aliphatic hydroxyl groups is 1. The van der Waals surface area contributed by atoms with Crippen molar-refractivity contribution in [2.24, 2.45) is 5.92 Å². The molecule has 2 aliphatic heterocycles. The van der Waals surface area contributed by atoms with Gasteiger partial charge in [-0.3, -0.25) is 4.90 Å². The maximum atomic E-state index is 10.4. The topological polar surface area (TPSA) is 42.8 Å². The van der Waals surface area contributed by atoms with Crippen LogP contribution in [0.15, 0.2) is 11.6 Å². The summed E-state index contributed by atoms with van der Waals surface area (Å²) >= 11 is 1.71. The van der Waals surface area contributed by atoms with Gasteiger partial charge in [0.05, 0.1) is 6.10 Å². The van der Waals surface area contributed by atoms with E-state index in [1.165, 1.54) is 12.8 Å². The predicted octanol–water partition coefficient (Wildman–Crippen LogP) is 1.75.